The Morgan fingerprint density at radius 3 is 2.56 bits per heavy atom. The minimum absolute atomic E-state index is 0.359. The van der Waals surface area contributed by atoms with Crippen molar-refractivity contribution in [2.24, 2.45) is 4.99 Å². The van der Waals surface area contributed by atoms with Gasteiger partial charge in [0.25, 0.3) is 0 Å². The summed E-state index contributed by atoms with van der Waals surface area (Å²) in [6, 6.07) is 11.2. The van der Waals surface area contributed by atoms with Gasteiger partial charge in [-0.3, -0.25) is 0 Å². The molecule has 0 bridgehead atoms. The van der Waals surface area contributed by atoms with E-state index in [-0.39, 0.29) is 5.82 Å². The first-order valence-corrected chi connectivity index (χ1v) is 8.76. The molecule has 0 amide bonds. The smallest absolute Gasteiger partial charge is 0.175 e. The fraction of sp³-hybridized carbons (Fsp3) is 0.350. The third kappa shape index (κ3) is 3.17. The highest BCUT2D eigenvalue weighted by Crippen LogP contribution is 2.33. The van der Waals surface area contributed by atoms with Crippen LogP contribution in [0.2, 0.25) is 0 Å². The highest BCUT2D eigenvalue weighted by Gasteiger charge is 2.23. The monoisotopic (exact) mass is 339 g/mol. The summed E-state index contributed by atoms with van der Waals surface area (Å²) < 4.78 is 13.6. The summed E-state index contributed by atoms with van der Waals surface area (Å²) >= 11 is 0. The van der Waals surface area contributed by atoms with Crippen molar-refractivity contribution in [3.8, 4) is 0 Å². The van der Waals surface area contributed by atoms with Crippen molar-refractivity contribution in [1.82, 2.24) is 5.32 Å². The van der Waals surface area contributed by atoms with Crippen LogP contribution in [0.25, 0.3) is 0 Å². The van der Waals surface area contributed by atoms with Gasteiger partial charge < -0.3 is 15.7 Å². The number of anilines is 1. The number of aliphatic imine (C=N–C) groups is 1. The number of aliphatic hydroxyl groups is 1. The van der Waals surface area contributed by atoms with Crippen molar-refractivity contribution >= 4 is 11.5 Å². The van der Waals surface area contributed by atoms with E-state index in [4.69, 9.17) is 0 Å². The number of hydrogen-bond donors (Lipinski definition) is 3. The lowest BCUT2D eigenvalue weighted by Crippen LogP contribution is -2.26. The Kier molecular flexibility index (Phi) is 4.27. The highest BCUT2D eigenvalue weighted by atomic mass is 19.1. The van der Waals surface area contributed by atoms with Crippen molar-refractivity contribution in [3.63, 3.8) is 0 Å². The molecule has 4 nitrogen and oxygen atoms in total. The quantitative estimate of drug-likeness (QED) is 0.785. The maximum absolute atomic E-state index is 13.6. The molecular formula is C20H22FN3O. The number of hydrogen-bond acceptors (Lipinski definition) is 4. The molecule has 1 fully saturated rings. The van der Waals surface area contributed by atoms with Crippen molar-refractivity contribution in [2.45, 2.75) is 31.9 Å². The van der Waals surface area contributed by atoms with Crippen molar-refractivity contribution < 1.29 is 9.50 Å². The summed E-state index contributed by atoms with van der Waals surface area (Å²) in [5.74, 6) is 0.863. The Labute approximate surface area is 146 Å². The van der Waals surface area contributed by atoms with E-state index in [1.165, 1.54) is 17.7 Å². The molecule has 2 aliphatic heterocycles. The molecule has 130 valence electrons. The molecule has 0 aliphatic carbocycles. The van der Waals surface area contributed by atoms with Gasteiger partial charge in [-0.2, -0.15) is 0 Å². The first-order valence-electron chi connectivity index (χ1n) is 8.76. The van der Waals surface area contributed by atoms with E-state index >= 15 is 0 Å². The van der Waals surface area contributed by atoms with Crippen LogP contribution in [-0.2, 0) is 0 Å². The zero-order valence-corrected chi connectivity index (χ0v) is 14.2. The van der Waals surface area contributed by atoms with Crippen molar-refractivity contribution in [1.29, 1.82) is 0 Å². The predicted octanol–water partition coefficient (Wildman–Crippen LogP) is 3.46. The van der Waals surface area contributed by atoms with E-state index in [1.54, 1.807) is 0 Å². The number of nitrogens with one attached hydrogen (secondary N) is 2. The Hall–Kier alpha value is -2.24. The fourth-order valence-electron chi connectivity index (χ4n) is 3.70. The number of halogens is 1. The van der Waals surface area contributed by atoms with Gasteiger partial charge in [0.05, 0.1) is 5.69 Å². The minimum atomic E-state index is -1.05. The van der Waals surface area contributed by atoms with E-state index in [0.717, 1.165) is 42.7 Å². The maximum Gasteiger partial charge on any atom is 0.175 e. The number of amidine groups is 1. The normalized spacial score (nSPS) is 20.6. The fourth-order valence-corrected chi connectivity index (χ4v) is 3.70. The maximum atomic E-state index is 13.6. The van der Waals surface area contributed by atoms with Gasteiger partial charge >= 0.3 is 0 Å². The van der Waals surface area contributed by atoms with Gasteiger partial charge in [-0.15, -0.1) is 0 Å². The molecule has 0 radical (unpaired) electrons. The van der Waals surface area contributed by atoms with Gasteiger partial charge in [0.15, 0.2) is 6.23 Å². The first kappa shape index (κ1) is 16.2. The van der Waals surface area contributed by atoms with Crippen LogP contribution < -0.4 is 10.6 Å². The lowest BCUT2D eigenvalue weighted by atomic mass is 9.89. The van der Waals surface area contributed by atoms with E-state index in [9.17, 15) is 9.50 Å². The molecule has 2 aromatic rings. The molecule has 0 spiro atoms. The van der Waals surface area contributed by atoms with Gasteiger partial charge in [0.1, 0.15) is 11.7 Å². The second kappa shape index (κ2) is 6.58. The minimum Gasteiger partial charge on any atom is -0.368 e. The molecule has 1 saturated heterocycles. The molecule has 0 aromatic heterocycles. The van der Waals surface area contributed by atoms with Gasteiger partial charge in [0, 0.05) is 11.1 Å². The Morgan fingerprint density at radius 1 is 1.12 bits per heavy atom. The van der Waals surface area contributed by atoms with Crippen molar-refractivity contribution in [3.05, 3.63) is 64.5 Å². The third-order valence-electron chi connectivity index (χ3n) is 5.10. The Morgan fingerprint density at radius 2 is 1.84 bits per heavy atom. The zero-order chi connectivity index (χ0) is 17.4. The van der Waals surface area contributed by atoms with E-state index in [1.807, 2.05) is 19.1 Å². The Bertz CT molecular complexity index is 810. The van der Waals surface area contributed by atoms with Crippen LogP contribution in [0.15, 0.2) is 41.4 Å². The lowest BCUT2D eigenvalue weighted by Gasteiger charge is -2.25. The number of piperidine rings is 1. The highest BCUT2D eigenvalue weighted by molar-refractivity contribution is 6.10. The standard InChI is InChI=1S/C20H22FN3O/c1-12-10-16(21)11-17-18(12)23-19(24-20(17)25)15-4-2-13(3-5-15)14-6-8-22-9-7-14/h2-5,10-11,14,20,22,25H,6-9H2,1H3,(H,23,24). The van der Waals surface area contributed by atoms with E-state index in [0.29, 0.717) is 17.3 Å². The first-order chi connectivity index (χ1) is 12.1. The lowest BCUT2D eigenvalue weighted by molar-refractivity contribution is 0.187. The van der Waals surface area contributed by atoms with Gasteiger partial charge in [-0.1, -0.05) is 24.3 Å². The molecule has 2 aliphatic rings. The van der Waals surface area contributed by atoms with Gasteiger partial charge in [-0.05, 0) is 62.0 Å². The summed E-state index contributed by atoms with van der Waals surface area (Å²) in [5, 5.41) is 16.9. The molecule has 1 atom stereocenters. The molecule has 2 heterocycles. The number of aryl methyl sites for hydroxylation is 1. The molecular weight excluding hydrogens is 317 g/mol. The summed E-state index contributed by atoms with van der Waals surface area (Å²) in [6.07, 6.45) is 1.27. The SMILES string of the molecule is Cc1cc(F)cc2c1NC(c1ccc(C3CCNCC3)cc1)=NC2O. The average Bonchev–Trinajstić information content (AvgIpc) is 2.63. The summed E-state index contributed by atoms with van der Waals surface area (Å²) in [6.45, 7) is 3.96. The summed E-state index contributed by atoms with van der Waals surface area (Å²) in [7, 11) is 0. The second-order valence-corrected chi connectivity index (χ2v) is 6.81. The number of rotatable bonds is 2. The predicted molar refractivity (Wildman–Crippen MR) is 97.5 cm³/mol. The number of benzene rings is 2. The summed E-state index contributed by atoms with van der Waals surface area (Å²) in [5.41, 5.74) is 4.24. The number of fused-ring (bicyclic) bond motifs is 1. The van der Waals surface area contributed by atoms with Crippen LogP contribution >= 0.6 is 0 Å². The summed E-state index contributed by atoms with van der Waals surface area (Å²) in [4.78, 5) is 4.30. The van der Waals surface area contributed by atoms with Crippen LogP contribution in [0.1, 0.15) is 47.2 Å². The zero-order valence-electron chi connectivity index (χ0n) is 14.2. The molecule has 3 N–H and O–H groups in total. The van der Waals surface area contributed by atoms with Crippen LogP contribution in [0, 0.1) is 12.7 Å². The topological polar surface area (TPSA) is 56.7 Å². The largest absolute Gasteiger partial charge is 0.368 e. The van der Waals surface area contributed by atoms with Crippen molar-refractivity contribution in [2.75, 3.05) is 18.4 Å². The van der Waals surface area contributed by atoms with Crippen LogP contribution in [0.4, 0.5) is 10.1 Å². The third-order valence-corrected chi connectivity index (χ3v) is 5.10. The molecule has 0 saturated carbocycles. The van der Waals surface area contributed by atoms with Crippen LogP contribution in [0.3, 0.4) is 0 Å². The van der Waals surface area contributed by atoms with Crippen LogP contribution in [0.5, 0.6) is 0 Å². The molecule has 25 heavy (non-hydrogen) atoms. The molecule has 2 aromatic carbocycles. The van der Waals surface area contributed by atoms with Gasteiger partial charge in [-0.25, -0.2) is 9.38 Å². The van der Waals surface area contributed by atoms with E-state index < -0.39 is 6.23 Å². The second-order valence-electron chi connectivity index (χ2n) is 6.81. The molecule has 4 rings (SSSR count). The van der Waals surface area contributed by atoms with Gasteiger partial charge in [0.2, 0.25) is 0 Å². The number of nitrogens with zero attached hydrogens (tertiary/aromatic N) is 1. The Balaban J connectivity index is 1.60. The van der Waals surface area contributed by atoms with E-state index in [2.05, 4.69) is 27.8 Å². The average molecular weight is 339 g/mol. The molecule has 5 heteroatoms. The van der Waals surface area contributed by atoms with Crippen LogP contribution in [-0.4, -0.2) is 24.0 Å². The molecule has 1 unspecified atom stereocenters. The number of aliphatic hydroxyl groups excluding tert-OH is 1.